The maximum absolute atomic E-state index is 11.9. The number of carbonyl (C=O) groups is 1. The first-order valence-corrected chi connectivity index (χ1v) is 8.15. The molecule has 1 unspecified atom stereocenters. The van der Waals surface area contributed by atoms with Crippen molar-refractivity contribution in [3.8, 4) is 0 Å². The topological polar surface area (TPSA) is 54.5 Å². The number of hydrogen-bond acceptors (Lipinski definition) is 5. The number of nitrogens with zero attached hydrogens (tertiary/aromatic N) is 2. The molecule has 5 nitrogen and oxygen atoms in total. The molecule has 1 aliphatic rings. The van der Waals surface area contributed by atoms with Crippen LogP contribution in [0.3, 0.4) is 0 Å². The first-order valence-electron chi connectivity index (χ1n) is 7.33. The van der Waals surface area contributed by atoms with Crippen molar-refractivity contribution in [3.63, 3.8) is 0 Å². The lowest BCUT2D eigenvalue weighted by Gasteiger charge is -2.41. The van der Waals surface area contributed by atoms with Gasteiger partial charge in [0, 0.05) is 30.1 Å². The van der Waals surface area contributed by atoms with Crippen LogP contribution in [0.15, 0.2) is 0 Å². The van der Waals surface area contributed by atoms with Gasteiger partial charge in [-0.1, -0.05) is 0 Å². The largest absolute Gasteiger partial charge is 0.444 e. The van der Waals surface area contributed by atoms with E-state index in [1.165, 1.54) is 4.88 Å². The molecular formula is C15H25N3O2S. The number of likely N-dealkylation sites (tertiary alicyclic amines) is 1. The Bertz CT molecular complexity index is 515. The van der Waals surface area contributed by atoms with Crippen LogP contribution in [-0.2, 0) is 4.74 Å². The normalized spacial score (nSPS) is 17.5. The fourth-order valence-corrected chi connectivity index (χ4v) is 3.38. The van der Waals surface area contributed by atoms with E-state index in [0.29, 0.717) is 19.1 Å². The van der Waals surface area contributed by atoms with Crippen LogP contribution in [0.25, 0.3) is 0 Å². The number of aromatic nitrogens is 1. The Morgan fingerprint density at radius 2 is 2.05 bits per heavy atom. The summed E-state index contributed by atoms with van der Waals surface area (Å²) in [5, 5.41) is 4.65. The highest BCUT2D eigenvalue weighted by molar-refractivity contribution is 7.11. The van der Waals surface area contributed by atoms with E-state index in [0.717, 1.165) is 10.7 Å². The second kappa shape index (κ2) is 5.93. The molecule has 1 amide bonds. The quantitative estimate of drug-likeness (QED) is 0.932. The number of aryl methyl sites for hydroxylation is 2. The number of rotatable bonds is 3. The molecule has 0 radical (unpaired) electrons. The van der Waals surface area contributed by atoms with E-state index in [1.807, 2.05) is 34.6 Å². The predicted molar refractivity (Wildman–Crippen MR) is 84.7 cm³/mol. The summed E-state index contributed by atoms with van der Waals surface area (Å²) in [5.74, 6) is 0. The highest BCUT2D eigenvalue weighted by Gasteiger charge is 2.34. The highest BCUT2D eigenvalue weighted by Crippen LogP contribution is 2.26. The predicted octanol–water partition coefficient (Wildman–Crippen LogP) is 3.03. The van der Waals surface area contributed by atoms with Gasteiger partial charge < -0.3 is 15.0 Å². The van der Waals surface area contributed by atoms with Gasteiger partial charge in [-0.25, -0.2) is 9.78 Å². The minimum absolute atomic E-state index is 0.224. The van der Waals surface area contributed by atoms with E-state index in [1.54, 1.807) is 16.2 Å². The van der Waals surface area contributed by atoms with Crippen LogP contribution >= 0.6 is 11.3 Å². The Morgan fingerprint density at radius 3 is 2.52 bits per heavy atom. The van der Waals surface area contributed by atoms with Gasteiger partial charge in [0.15, 0.2) is 0 Å². The smallest absolute Gasteiger partial charge is 0.410 e. The highest BCUT2D eigenvalue weighted by atomic mass is 32.1. The van der Waals surface area contributed by atoms with Gasteiger partial charge in [-0.05, 0) is 41.5 Å². The van der Waals surface area contributed by atoms with Crippen LogP contribution in [-0.4, -0.2) is 40.7 Å². The first-order chi connectivity index (χ1) is 9.65. The summed E-state index contributed by atoms with van der Waals surface area (Å²) in [6.45, 7) is 13.3. The van der Waals surface area contributed by atoms with Crippen molar-refractivity contribution < 1.29 is 9.53 Å². The molecule has 0 saturated carbocycles. The van der Waals surface area contributed by atoms with Crippen molar-refractivity contribution in [2.45, 2.75) is 59.2 Å². The number of ether oxygens (including phenoxy) is 1. The van der Waals surface area contributed by atoms with Crippen molar-refractivity contribution in [2.75, 3.05) is 13.1 Å². The van der Waals surface area contributed by atoms with Gasteiger partial charge in [0.2, 0.25) is 0 Å². The van der Waals surface area contributed by atoms with Crippen molar-refractivity contribution in [1.82, 2.24) is 15.2 Å². The van der Waals surface area contributed by atoms with Crippen LogP contribution in [0.2, 0.25) is 0 Å². The van der Waals surface area contributed by atoms with Gasteiger partial charge in [0.1, 0.15) is 5.60 Å². The van der Waals surface area contributed by atoms with Crippen molar-refractivity contribution in [2.24, 2.45) is 0 Å². The third-order valence-electron chi connectivity index (χ3n) is 3.35. The van der Waals surface area contributed by atoms with Crippen LogP contribution < -0.4 is 5.32 Å². The average Bonchev–Trinajstić information content (AvgIpc) is 2.59. The Morgan fingerprint density at radius 1 is 1.43 bits per heavy atom. The number of amides is 1. The molecule has 21 heavy (non-hydrogen) atoms. The molecule has 1 fully saturated rings. The summed E-state index contributed by atoms with van der Waals surface area (Å²) in [7, 11) is 0. The fourth-order valence-electron chi connectivity index (χ4n) is 2.44. The maximum atomic E-state index is 11.9. The Hall–Kier alpha value is -1.14. The Balaban J connectivity index is 1.80. The molecule has 2 heterocycles. The molecule has 0 aliphatic carbocycles. The summed E-state index contributed by atoms with van der Waals surface area (Å²) in [5.41, 5.74) is 0.668. The number of nitrogens with one attached hydrogen (secondary N) is 1. The third kappa shape index (κ3) is 4.17. The van der Waals surface area contributed by atoms with Gasteiger partial charge in [0.05, 0.1) is 10.7 Å². The van der Waals surface area contributed by atoms with Crippen LogP contribution in [0.1, 0.15) is 49.3 Å². The van der Waals surface area contributed by atoms with E-state index in [4.69, 9.17) is 4.74 Å². The molecule has 1 N–H and O–H groups in total. The van der Waals surface area contributed by atoms with Crippen molar-refractivity contribution >= 4 is 17.4 Å². The van der Waals surface area contributed by atoms with E-state index in [9.17, 15) is 4.79 Å². The lowest BCUT2D eigenvalue weighted by atomic mass is 10.1. The standard InChI is InChI=1S/C15H25N3O2S/c1-9-13(21-11(3)16-9)10(2)17-12-7-18(8-12)14(19)20-15(4,5)6/h10,12,17H,7-8H2,1-6H3. The molecular weight excluding hydrogens is 286 g/mol. The van der Waals surface area contributed by atoms with E-state index >= 15 is 0 Å². The van der Waals surface area contributed by atoms with Gasteiger partial charge in [-0.15, -0.1) is 11.3 Å². The molecule has 1 aromatic rings. The average molecular weight is 311 g/mol. The summed E-state index contributed by atoms with van der Waals surface area (Å²) in [4.78, 5) is 19.3. The monoisotopic (exact) mass is 311 g/mol. The maximum Gasteiger partial charge on any atom is 0.410 e. The molecule has 1 atom stereocenters. The Labute approximate surface area is 130 Å². The second-order valence-corrected chi connectivity index (χ2v) is 7.89. The minimum Gasteiger partial charge on any atom is -0.444 e. The van der Waals surface area contributed by atoms with E-state index < -0.39 is 5.60 Å². The summed E-state index contributed by atoms with van der Waals surface area (Å²) in [6, 6.07) is 0.594. The second-order valence-electron chi connectivity index (χ2n) is 6.65. The van der Waals surface area contributed by atoms with Crippen LogP contribution in [0.4, 0.5) is 4.79 Å². The lowest BCUT2D eigenvalue weighted by molar-refractivity contribution is 0.00436. The first kappa shape index (κ1) is 16.2. The molecule has 0 spiro atoms. The minimum atomic E-state index is -0.430. The zero-order valence-electron chi connectivity index (χ0n) is 13.7. The molecule has 0 bridgehead atoms. The number of carbonyl (C=O) groups excluding carboxylic acids is 1. The fraction of sp³-hybridized carbons (Fsp3) is 0.733. The molecule has 1 saturated heterocycles. The molecule has 6 heteroatoms. The van der Waals surface area contributed by atoms with Crippen LogP contribution in [0.5, 0.6) is 0 Å². The van der Waals surface area contributed by atoms with Crippen LogP contribution in [0, 0.1) is 13.8 Å². The molecule has 1 aliphatic heterocycles. The molecule has 1 aromatic heterocycles. The summed E-state index contributed by atoms with van der Waals surface area (Å²) < 4.78 is 5.35. The Kier molecular flexibility index (Phi) is 4.58. The summed E-state index contributed by atoms with van der Waals surface area (Å²) >= 11 is 1.74. The van der Waals surface area contributed by atoms with Gasteiger partial charge in [-0.3, -0.25) is 0 Å². The van der Waals surface area contributed by atoms with Crippen molar-refractivity contribution in [1.29, 1.82) is 0 Å². The zero-order chi connectivity index (χ0) is 15.8. The van der Waals surface area contributed by atoms with E-state index in [-0.39, 0.29) is 12.1 Å². The molecule has 2 rings (SSSR count). The van der Waals surface area contributed by atoms with Gasteiger partial charge >= 0.3 is 6.09 Å². The number of hydrogen-bond donors (Lipinski definition) is 1. The molecule has 118 valence electrons. The summed E-state index contributed by atoms with van der Waals surface area (Å²) in [6.07, 6.45) is -0.224. The van der Waals surface area contributed by atoms with Gasteiger partial charge in [0.25, 0.3) is 0 Å². The zero-order valence-corrected chi connectivity index (χ0v) is 14.5. The molecule has 0 aromatic carbocycles. The van der Waals surface area contributed by atoms with E-state index in [2.05, 4.69) is 17.2 Å². The third-order valence-corrected chi connectivity index (χ3v) is 4.61. The number of thiazole rings is 1. The van der Waals surface area contributed by atoms with Gasteiger partial charge in [-0.2, -0.15) is 0 Å². The SMILES string of the molecule is Cc1nc(C)c(C(C)NC2CN(C(=O)OC(C)(C)C)C2)s1. The van der Waals surface area contributed by atoms with Crippen molar-refractivity contribution in [3.05, 3.63) is 15.6 Å². The lowest BCUT2D eigenvalue weighted by Crippen LogP contribution is -2.60.